The number of methoxy groups -OCH3 is 1. The molecule has 0 aliphatic rings. The Labute approximate surface area is 168 Å². The average Bonchev–Trinajstić information content (AvgIpc) is 2.74. The predicted molar refractivity (Wildman–Crippen MR) is 110 cm³/mol. The number of ether oxygens (including phenoxy) is 3. The second kappa shape index (κ2) is 9.10. The van der Waals surface area contributed by atoms with Crippen molar-refractivity contribution in [1.29, 1.82) is 0 Å². The van der Waals surface area contributed by atoms with Crippen LogP contribution in [-0.4, -0.2) is 19.7 Å². The van der Waals surface area contributed by atoms with Crippen molar-refractivity contribution in [2.24, 2.45) is 0 Å². The van der Waals surface area contributed by atoms with Crippen LogP contribution in [0.2, 0.25) is 0 Å². The molecule has 150 valence electrons. The molecule has 3 rings (SSSR count). The number of carbonyl (C=O) groups is 1. The van der Waals surface area contributed by atoms with E-state index >= 15 is 0 Å². The summed E-state index contributed by atoms with van der Waals surface area (Å²) in [4.78, 5) is 24.4. The molecule has 0 aliphatic carbocycles. The highest BCUT2D eigenvalue weighted by molar-refractivity contribution is 5.90. The predicted octanol–water partition coefficient (Wildman–Crippen LogP) is 4.29. The van der Waals surface area contributed by atoms with Gasteiger partial charge in [0.15, 0.2) is 11.5 Å². The van der Waals surface area contributed by atoms with E-state index in [2.05, 4.69) is 6.58 Å². The van der Waals surface area contributed by atoms with E-state index in [1.165, 1.54) is 13.2 Å². The molecule has 0 saturated carbocycles. The van der Waals surface area contributed by atoms with Crippen LogP contribution in [0.25, 0.3) is 11.0 Å². The van der Waals surface area contributed by atoms with Crippen LogP contribution in [0, 0.1) is 0 Å². The fraction of sp³-hybridized carbons (Fsp3) is 0.217. The molecule has 0 aliphatic heterocycles. The highest BCUT2D eigenvalue weighted by atomic mass is 16.5. The van der Waals surface area contributed by atoms with Crippen molar-refractivity contribution in [3.8, 4) is 11.5 Å². The van der Waals surface area contributed by atoms with Gasteiger partial charge in [-0.25, -0.2) is 9.59 Å². The maximum atomic E-state index is 12.5. The van der Waals surface area contributed by atoms with Crippen molar-refractivity contribution < 1.29 is 23.4 Å². The molecule has 0 radical (unpaired) electrons. The van der Waals surface area contributed by atoms with Gasteiger partial charge in [-0.1, -0.05) is 31.7 Å². The zero-order valence-corrected chi connectivity index (χ0v) is 16.4. The topological polar surface area (TPSA) is 75.0 Å². The lowest BCUT2D eigenvalue weighted by molar-refractivity contribution is 0.0473. The van der Waals surface area contributed by atoms with Gasteiger partial charge in [0, 0.05) is 17.0 Å². The summed E-state index contributed by atoms with van der Waals surface area (Å²) in [6.45, 7) is 5.89. The van der Waals surface area contributed by atoms with Gasteiger partial charge in [-0.2, -0.15) is 0 Å². The molecule has 0 amide bonds. The number of aryl methyl sites for hydroxylation is 1. The Balaban J connectivity index is 1.80. The van der Waals surface area contributed by atoms with Gasteiger partial charge in [0.2, 0.25) is 0 Å². The van der Waals surface area contributed by atoms with Crippen LogP contribution in [0.5, 0.6) is 11.5 Å². The van der Waals surface area contributed by atoms with Crippen molar-refractivity contribution in [2.45, 2.75) is 20.0 Å². The quantitative estimate of drug-likeness (QED) is 0.322. The van der Waals surface area contributed by atoms with Gasteiger partial charge in [0.1, 0.15) is 18.8 Å². The molecule has 0 atom stereocenters. The third kappa shape index (κ3) is 4.66. The molecule has 2 aromatic carbocycles. The second-order valence-electron chi connectivity index (χ2n) is 6.32. The summed E-state index contributed by atoms with van der Waals surface area (Å²) in [6.07, 6.45) is 2.44. The average molecular weight is 394 g/mol. The van der Waals surface area contributed by atoms with E-state index in [4.69, 9.17) is 18.6 Å². The van der Waals surface area contributed by atoms with Gasteiger partial charge in [-0.05, 0) is 36.2 Å². The van der Waals surface area contributed by atoms with E-state index < -0.39 is 11.6 Å². The van der Waals surface area contributed by atoms with Crippen molar-refractivity contribution in [2.75, 3.05) is 13.7 Å². The van der Waals surface area contributed by atoms with Gasteiger partial charge >= 0.3 is 11.6 Å². The molecule has 0 fully saturated rings. The normalized spacial score (nSPS) is 10.6. The van der Waals surface area contributed by atoms with Gasteiger partial charge in [-0.3, -0.25) is 0 Å². The summed E-state index contributed by atoms with van der Waals surface area (Å²) < 4.78 is 21.5. The first kappa shape index (κ1) is 20.2. The van der Waals surface area contributed by atoms with Crippen molar-refractivity contribution in [3.63, 3.8) is 0 Å². The fourth-order valence-electron chi connectivity index (χ4n) is 2.90. The third-order valence-electron chi connectivity index (χ3n) is 4.42. The summed E-state index contributed by atoms with van der Waals surface area (Å²) in [6, 6.07) is 11.8. The second-order valence-corrected chi connectivity index (χ2v) is 6.32. The number of fused-ring (bicyclic) bond motifs is 1. The summed E-state index contributed by atoms with van der Waals surface area (Å²) in [5, 5.41) is 0.736. The van der Waals surface area contributed by atoms with Crippen molar-refractivity contribution in [1.82, 2.24) is 0 Å². The molecule has 1 aromatic heterocycles. The molecule has 3 aromatic rings. The molecular weight excluding hydrogens is 372 g/mol. The third-order valence-corrected chi connectivity index (χ3v) is 4.42. The van der Waals surface area contributed by atoms with Crippen LogP contribution in [-0.2, 0) is 17.8 Å². The molecule has 0 bridgehead atoms. The monoisotopic (exact) mass is 394 g/mol. The zero-order valence-electron chi connectivity index (χ0n) is 16.4. The van der Waals surface area contributed by atoms with E-state index in [1.807, 2.05) is 25.1 Å². The first-order valence-electron chi connectivity index (χ1n) is 9.20. The fourth-order valence-corrected chi connectivity index (χ4v) is 2.90. The molecule has 0 N–H and O–H groups in total. The molecule has 29 heavy (non-hydrogen) atoms. The van der Waals surface area contributed by atoms with E-state index in [0.29, 0.717) is 34.8 Å². The summed E-state index contributed by atoms with van der Waals surface area (Å²) in [5.41, 5.74) is 1.95. The van der Waals surface area contributed by atoms with Crippen LogP contribution in [0.4, 0.5) is 0 Å². The molecule has 0 saturated heterocycles. The van der Waals surface area contributed by atoms with Crippen molar-refractivity contribution >= 4 is 16.9 Å². The minimum absolute atomic E-state index is 0.0521. The van der Waals surface area contributed by atoms with Gasteiger partial charge in [-0.15, -0.1) is 0 Å². The van der Waals surface area contributed by atoms with Crippen LogP contribution in [0.15, 0.2) is 64.3 Å². The van der Waals surface area contributed by atoms with Gasteiger partial charge in [0.25, 0.3) is 0 Å². The first-order chi connectivity index (χ1) is 14.0. The van der Waals surface area contributed by atoms with Gasteiger partial charge < -0.3 is 18.6 Å². The minimum atomic E-state index is -0.537. The van der Waals surface area contributed by atoms with E-state index in [0.717, 1.165) is 17.4 Å². The Morgan fingerprint density at radius 3 is 2.69 bits per heavy atom. The number of carbonyl (C=O) groups excluding carboxylic acids is 1. The lowest BCUT2D eigenvalue weighted by Gasteiger charge is -2.11. The highest BCUT2D eigenvalue weighted by Crippen LogP contribution is 2.28. The number of benzene rings is 2. The Kier molecular flexibility index (Phi) is 6.34. The molecule has 0 unspecified atom stereocenters. The summed E-state index contributed by atoms with van der Waals surface area (Å²) in [5.74, 6) is 0.381. The molecular formula is C23H22O6. The number of esters is 1. The molecule has 6 nitrogen and oxygen atoms in total. The SMILES string of the molecule is C=CCOc1ccc(C(=O)OCc2cc(=O)oc3cc(CC)ccc23)cc1OC. The Morgan fingerprint density at radius 2 is 1.97 bits per heavy atom. The Bertz CT molecular complexity index is 1100. The van der Waals surface area contributed by atoms with Crippen LogP contribution < -0.4 is 15.1 Å². The van der Waals surface area contributed by atoms with E-state index in [1.54, 1.807) is 24.3 Å². The standard InChI is InChI=1S/C23H22O6/c1-4-10-27-19-9-7-16(12-21(19)26-3)23(25)28-14-17-13-22(24)29-20-11-15(5-2)6-8-18(17)20/h4,6-9,11-13H,1,5,10,14H2,2-3H3. The maximum absolute atomic E-state index is 12.5. The Hall–Kier alpha value is -3.54. The lowest BCUT2D eigenvalue weighted by atomic mass is 10.1. The molecule has 1 heterocycles. The van der Waals surface area contributed by atoms with E-state index in [-0.39, 0.29) is 6.61 Å². The first-order valence-corrected chi connectivity index (χ1v) is 9.20. The van der Waals surface area contributed by atoms with E-state index in [9.17, 15) is 9.59 Å². The minimum Gasteiger partial charge on any atom is -0.493 e. The van der Waals surface area contributed by atoms with Crippen LogP contribution in [0.3, 0.4) is 0 Å². The number of hydrogen-bond acceptors (Lipinski definition) is 6. The number of hydrogen-bond donors (Lipinski definition) is 0. The zero-order chi connectivity index (χ0) is 20.8. The maximum Gasteiger partial charge on any atom is 0.338 e. The highest BCUT2D eigenvalue weighted by Gasteiger charge is 2.14. The van der Waals surface area contributed by atoms with Crippen LogP contribution in [0.1, 0.15) is 28.4 Å². The number of rotatable bonds is 8. The molecule has 6 heteroatoms. The largest absolute Gasteiger partial charge is 0.493 e. The summed E-state index contributed by atoms with van der Waals surface area (Å²) in [7, 11) is 1.49. The van der Waals surface area contributed by atoms with Crippen LogP contribution >= 0.6 is 0 Å². The lowest BCUT2D eigenvalue weighted by Crippen LogP contribution is -2.08. The molecule has 0 spiro atoms. The Morgan fingerprint density at radius 1 is 1.14 bits per heavy atom. The smallest absolute Gasteiger partial charge is 0.338 e. The summed E-state index contributed by atoms with van der Waals surface area (Å²) >= 11 is 0. The van der Waals surface area contributed by atoms with Crippen molar-refractivity contribution in [3.05, 3.63) is 82.2 Å². The van der Waals surface area contributed by atoms with Gasteiger partial charge in [0.05, 0.1) is 12.7 Å².